The topological polar surface area (TPSA) is 57.0 Å². The molecule has 0 saturated heterocycles. The predicted molar refractivity (Wildman–Crippen MR) is 111 cm³/mol. The molecule has 2 atom stereocenters. The van der Waals surface area contributed by atoms with Crippen LogP contribution in [0, 0.1) is 24.7 Å². The van der Waals surface area contributed by atoms with Crippen molar-refractivity contribution in [3.05, 3.63) is 87.9 Å². The van der Waals surface area contributed by atoms with Crippen LogP contribution in [0.25, 0.3) is 0 Å². The Morgan fingerprint density at radius 1 is 1.09 bits per heavy atom. The SMILES string of the molecule is Cc1cc(OCc2ncccn2)cc(=O)n1Cc1ccc(C2C3CC2C3C(F)(F)F)cc1. The molecule has 3 aliphatic carbocycles. The third kappa shape index (κ3) is 3.67. The molecule has 0 spiro atoms. The second-order valence-electron chi connectivity index (χ2n) is 8.61. The van der Waals surface area contributed by atoms with Gasteiger partial charge < -0.3 is 9.30 Å². The number of alkyl halides is 3. The lowest BCUT2D eigenvalue weighted by Crippen LogP contribution is -2.63. The molecule has 6 rings (SSSR count). The van der Waals surface area contributed by atoms with Crippen molar-refractivity contribution in [3.8, 4) is 5.75 Å². The van der Waals surface area contributed by atoms with Crippen LogP contribution in [0.4, 0.5) is 13.2 Å². The van der Waals surface area contributed by atoms with Crippen LogP contribution < -0.4 is 10.3 Å². The molecule has 166 valence electrons. The fourth-order valence-electron chi connectivity index (χ4n) is 4.99. The predicted octanol–water partition coefficient (Wildman–Crippen LogP) is 4.49. The van der Waals surface area contributed by atoms with Crippen LogP contribution in [0.3, 0.4) is 0 Å². The fourth-order valence-corrected chi connectivity index (χ4v) is 4.99. The van der Waals surface area contributed by atoms with E-state index in [4.69, 9.17) is 4.74 Å². The van der Waals surface area contributed by atoms with Gasteiger partial charge in [-0.05, 0) is 54.4 Å². The number of rotatable bonds is 6. The molecule has 3 aliphatic rings. The molecular weight excluding hydrogens is 419 g/mol. The van der Waals surface area contributed by atoms with Crippen molar-refractivity contribution in [2.75, 3.05) is 0 Å². The van der Waals surface area contributed by atoms with Crippen molar-refractivity contribution in [1.29, 1.82) is 0 Å². The molecule has 2 aromatic heterocycles. The highest BCUT2D eigenvalue weighted by molar-refractivity contribution is 5.34. The molecule has 8 heteroatoms. The van der Waals surface area contributed by atoms with Gasteiger partial charge in [0, 0.05) is 24.2 Å². The molecule has 0 radical (unpaired) electrons. The minimum Gasteiger partial charge on any atom is -0.485 e. The largest absolute Gasteiger partial charge is 0.485 e. The van der Waals surface area contributed by atoms with E-state index < -0.39 is 12.1 Å². The minimum atomic E-state index is -4.08. The average molecular weight is 441 g/mol. The summed E-state index contributed by atoms with van der Waals surface area (Å²) in [5, 5.41) is 0. The van der Waals surface area contributed by atoms with E-state index in [1.165, 1.54) is 6.07 Å². The molecule has 2 heterocycles. The lowest BCUT2D eigenvalue weighted by atomic mass is 9.39. The lowest BCUT2D eigenvalue weighted by molar-refractivity contribution is -0.295. The summed E-state index contributed by atoms with van der Waals surface area (Å²) in [6, 6.07) is 12.6. The van der Waals surface area contributed by atoms with E-state index in [1.54, 1.807) is 29.1 Å². The number of benzene rings is 1. The zero-order valence-electron chi connectivity index (χ0n) is 17.4. The quantitative estimate of drug-likeness (QED) is 0.566. The second kappa shape index (κ2) is 7.76. The van der Waals surface area contributed by atoms with Gasteiger partial charge in [-0.25, -0.2) is 9.97 Å². The molecule has 0 N–H and O–H groups in total. The van der Waals surface area contributed by atoms with Gasteiger partial charge in [0.15, 0.2) is 5.82 Å². The van der Waals surface area contributed by atoms with Crippen LogP contribution in [0.5, 0.6) is 5.75 Å². The van der Waals surface area contributed by atoms with Gasteiger partial charge in [-0.15, -0.1) is 0 Å². The Balaban J connectivity index is 1.24. The maximum atomic E-state index is 13.0. The van der Waals surface area contributed by atoms with Crippen molar-refractivity contribution in [2.45, 2.75) is 38.6 Å². The zero-order valence-corrected chi connectivity index (χ0v) is 17.4. The van der Waals surface area contributed by atoms with E-state index in [0.717, 1.165) is 16.8 Å². The third-order valence-corrected chi connectivity index (χ3v) is 6.77. The Morgan fingerprint density at radius 2 is 1.78 bits per heavy atom. The Bertz CT molecular complexity index is 1170. The van der Waals surface area contributed by atoms with Gasteiger partial charge >= 0.3 is 6.18 Å². The first-order valence-corrected chi connectivity index (χ1v) is 10.6. The minimum absolute atomic E-state index is 0.0187. The second-order valence-corrected chi connectivity index (χ2v) is 8.61. The Kier molecular flexibility index (Phi) is 5.03. The first-order chi connectivity index (χ1) is 15.3. The molecule has 3 fully saturated rings. The summed E-state index contributed by atoms with van der Waals surface area (Å²) >= 11 is 0. The monoisotopic (exact) mass is 441 g/mol. The van der Waals surface area contributed by atoms with Gasteiger partial charge in [0.2, 0.25) is 0 Å². The highest BCUT2D eigenvalue weighted by atomic mass is 19.4. The van der Waals surface area contributed by atoms with Gasteiger partial charge in [0.25, 0.3) is 5.56 Å². The van der Waals surface area contributed by atoms with Crippen LogP contribution in [0.2, 0.25) is 0 Å². The summed E-state index contributed by atoms with van der Waals surface area (Å²) in [4.78, 5) is 20.8. The molecule has 3 saturated carbocycles. The summed E-state index contributed by atoms with van der Waals surface area (Å²) in [7, 11) is 0. The Hall–Kier alpha value is -3.16. The zero-order chi connectivity index (χ0) is 22.5. The van der Waals surface area contributed by atoms with Gasteiger partial charge in [-0.2, -0.15) is 13.2 Å². The number of aromatic nitrogens is 3. The Morgan fingerprint density at radius 3 is 2.38 bits per heavy atom. The van der Waals surface area contributed by atoms with Gasteiger partial charge in [0.05, 0.1) is 12.5 Å². The number of ether oxygens (including phenoxy) is 1. The first-order valence-electron chi connectivity index (χ1n) is 10.6. The number of aryl methyl sites for hydroxylation is 1. The number of hydrogen-bond acceptors (Lipinski definition) is 4. The number of pyridine rings is 1. The van der Waals surface area contributed by atoms with E-state index in [9.17, 15) is 18.0 Å². The molecule has 2 bridgehead atoms. The van der Waals surface area contributed by atoms with Crippen LogP contribution in [-0.4, -0.2) is 20.7 Å². The van der Waals surface area contributed by atoms with Gasteiger partial charge in [-0.3, -0.25) is 4.79 Å². The average Bonchev–Trinajstić information content (AvgIpc) is 2.68. The maximum Gasteiger partial charge on any atom is 0.392 e. The smallest absolute Gasteiger partial charge is 0.392 e. The van der Waals surface area contributed by atoms with Gasteiger partial charge in [-0.1, -0.05) is 24.3 Å². The summed E-state index contributed by atoms with van der Waals surface area (Å²) in [6.45, 7) is 2.39. The summed E-state index contributed by atoms with van der Waals surface area (Å²) in [5.74, 6) is -0.670. The number of nitrogens with zero attached hydrogens (tertiary/aromatic N) is 3. The normalized spacial score (nSPS) is 23.9. The van der Waals surface area contributed by atoms with Crippen LogP contribution >= 0.6 is 0 Å². The number of hydrogen-bond donors (Lipinski definition) is 0. The molecule has 32 heavy (non-hydrogen) atoms. The van der Waals surface area contributed by atoms with Crippen LogP contribution in [-0.2, 0) is 13.2 Å². The van der Waals surface area contributed by atoms with Crippen molar-refractivity contribution < 1.29 is 17.9 Å². The van der Waals surface area contributed by atoms with E-state index in [2.05, 4.69) is 9.97 Å². The standard InChI is InChI=1S/C24H22F3N3O2/c1-14-9-17(32-13-20-28-7-2-8-29-20)10-21(31)30(14)12-15-3-5-16(6-4-15)22-18-11-19(22)23(18)24(25,26)27/h2-10,18-19,22-23H,11-13H2,1H3. The van der Waals surface area contributed by atoms with E-state index in [1.807, 2.05) is 31.2 Å². The molecule has 0 aliphatic heterocycles. The Labute approximate surface area is 182 Å². The highest BCUT2D eigenvalue weighted by Crippen LogP contribution is 2.71. The molecule has 2 unspecified atom stereocenters. The maximum absolute atomic E-state index is 13.0. The van der Waals surface area contributed by atoms with Crippen molar-refractivity contribution in [3.63, 3.8) is 0 Å². The summed E-state index contributed by atoms with van der Waals surface area (Å²) in [6.07, 6.45) is -0.144. The van der Waals surface area contributed by atoms with E-state index in [0.29, 0.717) is 24.5 Å². The van der Waals surface area contributed by atoms with Crippen molar-refractivity contribution >= 4 is 0 Å². The molecule has 5 nitrogen and oxygen atoms in total. The van der Waals surface area contributed by atoms with Crippen LogP contribution in [0.15, 0.2) is 59.7 Å². The van der Waals surface area contributed by atoms with Crippen molar-refractivity contribution in [1.82, 2.24) is 14.5 Å². The summed E-state index contributed by atoms with van der Waals surface area (Å²) < 4.78 is 46.2. The molecular formula is C24H22F3N3O2. The fraction of sp³-hybridized carbons (Fsp3) is 0.375. The lowest BCUT2D eigenvalue weighted by Gasteiger charge is -2.65. The summed E-state index contributed by atoms with van der Waals surface area (Å²) in [5.41, 5.74) is 2.45. The molecule has 0 amide bonds. The first kappa shape index (κ1) is 20.7. The van der Waals surface area contributed by atoms with Crippen molar-refractivity contribution in [2.24, 2.45) is 17.8 Å². The van der Waals surface area contributed by atoms with E-state index >= 15 is 0 Å². The highest BCUT2D eigenvalue weighted by Gasteiger charge is 2.70. The van der Waals surface area contributed by atoms with Gasteiger partial charge in [0.1, 0.15) is 12.4 Å². The third-order valence-electron chi connectivity index (χ3n) is 6.77. The molecule has 3 aromatic rings. The molecule has 1 aromatic carbocycles. The van der Waals surface area contributed by atoms with Crippen LogP contribution in [0.1, 0.15) is 35.0 Å². The van der Waals surface area contributed by atoms with E-state index in [-0.39, 0.29) is 29.9 Å². The number of halogens is 3.